The van der Waals surface area contributed by atoms with Crippen LogP contribution in [0.4, 0.5) is 5.69 Å². The first-order valence-electron chi connectivity index (χ1n) is 6.05. The predicted octanol–water partition coefficient (Wildman–Crippen LogP) is 3.82. The van der Waals surface area contributed by atoms with Crippen LogP contribution in [0.15, 0.2) is 22.7 Å². The molecule has 0 radical (unpaired) electrons. The fraction of sp³-hybridized carbons (Fsp3) is 0.462. The molecule has 18 heavy (non-hydrogen) atoms. The zero-order valence-electron chi connectivity index (χ0n) is 10.6. The van der Waals surface area contributed by atoms with E-state index in [0.29, 0.717) is 5.02 Å². The van der Waals surface area contributed by atoms with Crippen LogP contribution in [0.25, 0.3) is 0 Å². The van der Waals surface area contributed by atoms with Crippen molar-refractivity contribution in [2.24, 2.45) is 0 Å². The predicted molar refractivity (Wildman–Crippen MR) is 80.2 cm³/mol. The van der Waals surface area contributed by atoms with Gasteiger partial charge in [0.15, 0.2) is 0 Å². The summed E-state index contributed by atoms with van der Waals surface area (Å²) < 4.78 is 0.844. The lowest BCUT2D eigenvalue weighted by molar-refractivity contribution is -0.120. The Balaban J connectivity index is 2.44. The lowest BCUT2D eigenvalue weighted by Gasteiger charge is -2.15. The van der Waals surface area contributed by atoms with Gasteiger partial charge in [0.25, 0.3) is 0 Å². The summed E-state index contributed by atoms with van der Waals surface area (Å²) in [5.41, 5.74) is 0.836. The van der Waals surface area contributed by atoms with Gasteiger partial charge in [-0.1, -0.05) is 25.4 Å². The fourth-order valence-electron chi connectivity index (χ4n) is 1.56. The van der Waals surface area contributed by atoms with Crippen molar-refractivity contribution in [3.05, 3.63) is 27.7 Å². The van der Waals surface area contributed by atoms with Gasteiger partial charge in [-0.3, -0.25) is 4.79 Å². The van der Waals surface area contributed by atoms with Crippen LogP contribution in [0.3, 0.4) is 0 Å². The number of anilines is 1. The summed E-state index contributed by atoms with van der Waals surface area (Å²) in [6.07, 6.45) is 1.90. The van der Waals surface area contributed by atoms with Crippen molar-refractivity contribution in [2.75, 3.05) is 11.9 Å². The summed E-state index contributed by atoms with van der Waals surface area (Å²) >= 11 is 9.29. The van der Waals surface area contributed by atoms with Crippen molar-refractivity contribution in [2.45, 2.75) is 32.7 Å². The first-order chi connectivity index (χ1) is 8.56. The van der Waals surface area contributed by atoms with E-state index in [-0.39, 0.29) is 18.5 Å². The van der Waals surface area contributed by atoms with E-state index in [9.17, 15) is 4.79 Å². The maximum atomic E-state index is 11.7. The quantitative estimate of drug-likeness (QED) is 0.831. The van der Waals surface area contributed by atoms with Gasteiger partial charge in [0.1, 0.15) is 0 Å². The van der Waals surface area contributed by atoms with Crippen molar-refractivity contribution < 1.29 is 4.79 Å². The van der Waals surface area contributed by atoms with E-state index in [1.165, 1.54) is 0 Å². The SMILES string of the molecule is CCC(CC)NC(=O)CNc1ccc(Br)c(Cl)c1. The number of carbonyl (C=O) groups excluding carboxylic acids is 1. The fourth-order valence-corrected chi connectivity index (χ4v) is 1.99. The third-order valence-corrected chi connectivity index (χ3v) is 3.96. The van der Waals surface area contributed by atoms with Gasteiger partial charge >= 0.3 is 0 Å². The number of rotatable bonds is 6. The molecule has 0 saturated heterocycles. The molecule has 1 rings (SSSR count). The maximum Gasteiger partial charge on any atom is 0.239 e. The number of hydrogen-bond acceptors (Lipinski definition) is 2. The van der Waals surface area contributed by atoms with Gasteiger partial charge in [0, 0.05) is 16.2 Å². The molecular weight excluding hydrogens is 316 g/mol. The first-order valence-corrected chi connectivity index (χ1v) is 7.22. The first kappa shape index (κ1) is 15.3. The van der Waals surface area contributed by atoms with Crippen LogP contribution < -0.4 is 10.6 Å². The number of benzene rings is 1. The Kier molecular flexibility index (Phi) is 6.50. The van der Waals surface area contributed by atoms with Crippen LogP contribution in [0.1, 0.15) is 26.7 Å². The third kappa shape index (κ3) is 4.86. The van der Waals surface area contributed by atoms with Crippen LogP contribution in [-0.4, -0.2) is 18.5 Å². The molecule has 5 heteroatoms. The molecule has 0 unspecified atom stereocenters. The normalized spacial score (nSPS) is 10.5. The molecule has 0 fully saturated rings. The summed E-state index contributed by atoms with van der Waals surface area (Å²) in [5, 5.41) is 6.64. The van der Waals surface area contributed by atoms with Crippen LogP contribution in [0.5, 0.6) is 0 Å². The van der Waals surface area contributed by atoms with Gasteiger partial charge in [-0.2, -0.15) is 0 Å². The summed E-state index contributed by atoms with van der Waals surface area (Å²) in [7, 11) is 0. The summed E-state index contributed by atoms with van der Waals surface area (Å²) in [4.78, 5) is 11.7. The maximum absolute atomic E-state index is 11.7. The molecule has 0 bridgehead atoms. The molecule has 0 aliphatic heterocycles. The second-order valence-corrected chi connectivity index (χ2v) is 5.32. The van der Waals surface area contributed by atoms with Crippen LogP contribution in [0.2, 0.25) is 5.02 Å². The molecule has 0 aliphatic rings. The molecule has 0 atom stereocenters. The van der Waals surface area contributed by atoms with E-state index in [1.807, 2.05) is 12.1 Å². The minimum atomic E-state index is 0.00254. The minimum Gasteiger partial charge on any atom is -0.376 e. The van der Waals surface area contributed by atoms with Crippen LogP contribution in [0, 0.1) is 0 Å². The highest BCUT2D eigenvalue weighted by atomic mass is 79.9. The summed E-state index contributed by atoms with van der Waals surface area (Å²) in [6.45, 7) is 4.39. The number of hydrogen-bond donors (Lipinski definition) is 2. The molecule has 1 aromatic rings. The molecule has 0 aromatic heterocycles. The minimum absolute atomic E-state index is 0.00254. The van der Waals surface area contributed by atoms with E-state index in [1.54, 1.807) is 6.07 Å². The van der Waals surface area contributed by atoms with Gasteiger partial charge in [-0.25, -0.2) is 0 Å². The van der Waals surface area contributed by atoms with Crippen molar-refractivity contribution in [3.63, 3.8) is 0 Å². The van der Waals surface area contributed by atoms with Crippen molar-refractivity contribution >= 4 is 39.1 Å². The Morgan fingerprint density at radius 1 is 1.39 bits per heavy atom. The molecule has 1 amide bonds. The lowest BCUT2D eigenvalue weighted by Crippen LogP contribution is -2.37. The number of amides is 1. The molecule has 0 heterocycles. The Morgan fingerprint density at radius 2 is 2.06 bits per heavy atom. The van der Waals surface area contributed by atoms with Gasteiger partial charge in [-0.15, -0.1) is 0 Å². The van der Waals surface area contributed by atoms with Gasteiger partial charge in [0.2, 0.25) is 5.91 Å². The average molecular weight is 334 g/mol. The van der Waals surface area contributed by atoms with Crippen LogP contribution >= 0.6 is 27.5 Å². The van der Waals surface area contributed by atoms with Crippen molar-refractivity contribution in [1.82, 2.24) is 5.32 Å². The zero-order valence-corrected chi connectivity index (χ0v) is 12.9. The summed E-state index contributed by atoms with van der Waals surface area (Å²) in [5.74, 6) is 0.00254. The molecular formula is C13H18BrClN2O. The standard InChI is InChI=1S/C13H18BrClN2O/c1-3-9(4-2)17-13(18)8-16-10-5-6-11(14)12(15)7-10/h5-7,9,16H,3-4,8H2,1-2H3,(H,17,18). The Labute approximate surface area is 121 Å². The molecule has 0 spiro atoms. The topological polar surface area (TPSA) is 41.1 Å². The molecule has 2 N–H and O–H groups in total. The Morgan fingerprint density at radius 3 is 2.61 bits per heavy atom. The second kappa shape index (κ2) is 7.64. The monoisotopic (exact) mass is 332 g/mol. The van der Waals surface area contributed by atoms with E-state index in [4.69, 9.17) is 11.6 Å². The number of nitrogens with one attached hydrogen (secondary N) is 2. The lowest BCUT2D eigenvalue weighted by atomic mass is 10.2. The zero-order chi connectivity index (χ0) is 13.5. The smallest absolute Gasteiger partial charge is 0.239 e. The van der Waals surface area contributed by atoms with Gasteiger partial charge < -0.3 is 10.6 Å². The number of carbonyl (C=O) groups is 1. The van der Waals surface area contributed by atoms with E-state index < -0.39 is 0 Å². The molecule has 0 saturated carbocycles. The highest BCUT2D eigenvalue weighted by molar-refractivity contribution is 9.10. The third-order valence-electron chi connectivity index (χ3n) is 2.72. The highest BCUT2D eigenvalue weighted by Crippen LogP contribution is 2.25. The molecule has 0 aliphatic carbocycles. The van der Waals surface area contributed by atoms with Gasteiger partial charge in [0.05, 0.1) is 11.6 Å². The van der Waals surface area contributed by atoms with E-state index >= 15 is 0 Å². The van der Waals surface area contributed by atoms with Crippen molar-refractivity contribution in [3.8, 4) is 0 Å². The summed E-state index contributed by atoms with van der Waals surface area (Å²) in [6, 6.07) is 5.77. The van der Waals surface area contributed by atoms with E-state index in [2.05, 4.69) is 40.4 Å². The van der Waals surface area contributed by atoms with Crippen molar-refractivity contribution in [1.29, 1.82) is 0 Å². The second-order valence-electron chi connectivity index (χ2n) is 4.06. The van der Waals surface area contributed by atoms with Crippen LogP contribution in [-0.2, 0) is 4.79 Å². The molecule has 3 nitrogen and oxygen atoms in total. The molecule has 100 valence electrons. The largest absolute Gasteiger partial charge is 0.376 e. The average Bonchev–Trinajstić information content (AvgIpc) is 2.37. The Bertz CT molecular complexity index is 408. The van der Waals surface area contributed by atoms with E-state index in [0.717, 1.165) is 23.0 Å². The molecule has 1 aromatic carbocycles. The highest BCUT2D eigenvalue weighted by Gasteiger charge is 2.08. The number of halogens is 2. The van der Waals surface area contributed by atoms with Gasteiger partial charge in [-0.05, 0) is 47.0 Å². The Hall–Kier alpha value is -0.740.